The number of urea groups is 1. The summed E-state index contributed by atoms with van der Waals surface area (Å²) >= 11 is 6.00. The molecule has 0 radical (unpaired) electrons. The predicted octanol–water partition coefficient (Wildman–Crippen LogP) is 3.13. The average molecular weight is 393 g/mol. The van der Waals surface area contributed by atoms with Gasteiger partial charge in [0.25, 0.3) is 6.01 Å². The Balaban J connectivity index is 2.00. The smallest absolute Gasteiger partial charge is 0.326 e. The molecule has 2 amide bonds. The fraction of sp³-hybridized carbons (Fsp3) is 0.474. The number of ether oxygens (including phenoxy) is 1. The minimum atomic E-state index is -0.0855. The van der Waals surface area contributed by atoms with Gasteiger partial charge in [-0.15, -0.1) is 0 Å². The van der Waals surface area contributed by atoms with E-state index in [-0.39, 0.29) is 12.6 Å². The highest BCUT2D eigenvalue weighted by Crippen LogP contribution is 2.33. The first-order chi connectivity index (χ1) is 13.1. The number of fused-ring (bicyclic) bond motifs is 1. The second kappa shape index (κ2) is 8.63. The molecule has 3 rings (SSSR count). The Bertz CT molecular complexity index is 791. The van der Waals surface area contributed by atoms with Crippen molar-refractivity contribution in [1.82, 2.24) is 14.5 Å². The molecule has 2 aromatic rings. The van der Waals surface area contributed by atoms with Crippen molar-refractivity contribution in [2.24, 2.45) is 0 Å². The van der Waals surface area contributed by atoms with Crippen molar-refractivity contribution in [3.8, 4) is 6.01 Å². The van der Waals surface area contributed by atoms with E-state index in [4.69, 9.17) is 21.4 Å². The molecule has 7 nitrogen and oxygen atoms in total. The molecule has 0 saturated heterocycles. The van der Waals surface area contributed by atoms with Gasteiger partial charge in [0.1, 0.15) is 0 Å². The number of aromatic nitrogens is 2. The average Bonchev–Trinajstić information content (AvgIpc) is 2.99. The van der Waals surface area contributed by atoms with Crippen LogP contribution in [0.1, 0.15) is 31.5 Å². The maximum absolute atomic E-state index is 12.8. The number of anilines is 1. The molecule has 8 heteroatoms. The third-order valence-electron chi connectivity index (χ3n) is 4.54. The molecular weight excluding hydrogens is 368 g/mol. The molecule has 0 fully saturated rings. The second-order valence-electron chi connectivity index (χ2n) is 6.34. The van der Waals surface area contributed by atoms with Crippen LogP contribution < -0.4 is 9.64 Å². The number of hydrogen-bond donors (Lipinski definition) is 1. The predicted molar refractivity (Wildman–Crippen MR) is 104 cm³/mol. The molecule has 0 unspecified atom stereocenters. The molecule has 0 aliphatic carbocycles. The zero-order valence-electron chi connectivity index (χ0n) is 15.7. The van der Waals surface area contributed by atoms with E-state index in [2.05, 4.69) is 4.98 Å². The van der Waals surface area contributed by atoms with Crippen LogP contribution in [0.2, 0.25) is 5.02 Å². The first kappa shape index (κ1) is 19.5. The van der Waals surface area contributed by atoms with Crippen LogP contribution in [0.4, 0.5) is 10.6 Å². The molecule has 0 atom stereocenters. The lowest BCUT2D eigenvalue weighted by Crippen LogP contribution is -2.48. The lowest BCUT2D eigenvalue weighted by Gasteiger charge is -2.34. The molecule has 1 aliphatic rings. The summed E-state index contributed by atoms with van der Waals surface area (Å²) in [5, 5.41) is 9.84. The molecule has 146 valence electrons. The fourth-order valence-electron chi connectivity index (χ4n) is 3.23. The Morgan fingerprint density at radius 3 is 2.63 bits per heavy atom. The van der Waals surface area contributed by atoms with Crippen molar-refractivity contribution >= 4 is 23.4 Å². The minimum Gasteiger partial charge on any atom is -0.465 e. The Morgan fingerprint density at radius 2 is 2.00 bits per heavy atom. The van der Waals surface area contributed by atoms with Gasteiger partial charge in [-0.25, -0.2) is 4.79 Å². The Morgan fingerprint density at radius 1 is 1.26 bits per heavy atom. The summed E-state index contributed by atoms with van der Waals surface area (Å²) in [4.78, 5) is 20.8. The van der Waals surface area contributed by atoms with Gasteiger partial charge >= 0.3 is 6.03 Å². The second-order valence-corrected chi connectivity index (χ2v) is 6.77. The highest BCUT2D eigenvalue weighted by atomic mass is 35.5. The van der Waals surface area contributed by atoms with Crippen LogP contribution in [0.5, 0.6) is 6.01 Å². The standard InChI is InChI=1S/C19H25ClN4O3/c1-3-23-17-16(13-22(19(23)26)10-5-11-25)24(18(21-17)27-4-2)12-14-6-8-15(20)9-7-14/h6-9,25H,3-5,10-13H2,1-2H3. The number of imidazole rings is 1. The maximum Gasteiger partial charge on any atom is 0.326 e. The molecule has 1 N–H and O–H groups in total. The first-order valence-electron chi connectivity index (χ1n) is 9.22. The molecule has 0 spiro atoms. The molecule has 1 aromatic carbocycles. The van der Waals surface area contributed by atoms with Gasteiger partial charge in [0, 0.05) is 24.7 Å². The Labute approximate surface area is 164 Å². The van der Waals surface area contributed by atoms with E-state index in [9.17, 15) is 4.79 Å². The first-order valence-corrected chi connectivity index (χ1v) is 9.60. The van der Waals surface area contributed by atoms with Gasteiger partial charge < -0.3 is 14.7 Å². The number of benzene rings is 1. The van der Waals surface area contributed by atoms with Crippen molar-refractivity contribution in [3.05, 3.63) is 40.5 Å². The van der Waals surface area contributed by atoms with E-state index in [0.29, 0.717) is 56.1 Å². The molecule has 1 aromatic heterocycles. The van der Waals surface area contributed by atoms with Crippen molar-refractivity contribution in [2.45, 2.75) is 33.4 Å². The van der Waals surface area contributed by atoms with Gasteiger partial charge in [0.2, 0.25) is 0 Å². The van der Waals surface area contributed by atoms with Gasteiger partial charge in [0.05, 0.1) is 25.4 Å². The highest BCUT2D eigenvalue weighted by molar-refractivity contribution is 6.30. The summed E-state index contributed by atoms with van der Waals surface area (Å²) in [6, 6.07) is 8.08. The van der Waals surface area contributed by atoms with E-state index < -0.39 is 0 Å². The third-order valence-corrected chi connectivity index (χ3v) is 4.80. The summed E-state index contributed by atoms with van der Waals surface area (Å²) in [7, 11) is 0. The van der Waals surface area contributed by atoms with E-state index in [1.807, 2.05) is 42.7 Å². The molecule has 1 aliphatic heterocycles. The largest absolute Gasteiger partial charge is 0.465 e. The van der Waals surface area contributed by atoms with Crippen LogP contribution in [0, 0.1) is 0 Å². The van der Waals surface area contributed by atoms with Gasteiger partial charge in [0.15, 0.2) is 5.82 Å². The molecule has 0 bridgehead atoms. The van der Waals surface area contributed by atoms with Gasteiger partial charge in [-0.2, -0.15) is 4.98 Å². The quantitative estimate of drug-likeness (QED) is 0.749. The lowest BCUT2D eigenvalue weighted by molar-refractivity contribution is 0.187. The van der Waals surface area contributed by atoms with Crippen molar-refractivity contribution in [2.75, 3.05) is 31.2 Å². The number of halogens is 1. The molecule has 2 heterocycles. The summed E-state index contributed by atoms with van der Waals surface area (Å²) in [6.07, 6.45) is 0.544. The number of carbonyl (C=O) groups excluding carboxylic acids is 1. The number of aliphatic hydroxyl groups excluding tert-OH is 1. The van der Waals surface area contributed by atoms with Crippen LogP contribution in [-0.4, -0.2) is 51.9 Å². The summed E-state index contributed by atoms with van der Waals surface area (Å²) in [6.45, 7) is 6.42. The minimum absolute atomic E-state index is 0.0526. The zero-order valence-corrected chi connectivity index (χ0v) is 16.4. The number of amides is 2. The van der Waals surface area contributed by atoms with Crippen LogP contribution in [0.25, 0.3) is 0 Å². The number of nitrogens with zero attached hydrogens (tertiary/aromatic N) is 4. The number of rotatable bonds is 8. The molecule has 0 saturated carbocycles. The molecular formula is C19H25ClN4O3. The van der Waals surface area contributed by atoms with Gasteiger partial charge in [-0.05, 0) is 38.0 Å². The third kappa shape index (κ3) is 4.04. The maximum atomic E-state index is 12.8. The van der Waals surface area contributed by atoms with Gasteiger partial charge in [-0.1, -0.05) is 23.7 Å². The SMILES string of the molecule is CCOc1nc2c(n1Cc1ccc(Cl)cc1)CN(CCCO)C(=O)N2CC. The Kier molecular flexibility index (Phi) is 6.23. The van der Waals surface area contributed by atoms with Crippen LogP contribution in [0.15, 0.2) is 24.3 Å². The van der Waals surface area contributed by atoms with E-state index in [0.717, 1.165) is 11.3 Å². The fourth-order valence-corrected chi connectivity index (χ4v) is 3.36. The Hall–Kier alpha value is -2.25. The number of aliphatic hydroxyl groups is 1. The number of carbonyl (C=O) groups is 1. The van der Waals surface area contributed by atoms with Crippen LogP contribution in [0.3, 0.4) is 0 Å². The van der Waals surface area contributed by atoms with E-state index in [1.54, 1.807) is 9.80 Å². The topological polar surface area (TPSA) is 70.8 Å². The van der Waals surface area contributed by atoms with Crippen molar-refractivity contribution in [1.29, 1.82) is 0 Å². The van der Waals surface area contributed by atoms with Crippen molar-refractivity contribution in [3.63, 3.8) is 0 Å². The van der Waals surface area contributed by atoms with Crippen molar-refractivity contribution < 1.29 is 14.6 Å². The summed E-state index contributed by atoms with van der Waals surface area (Å²) in [5.41, 5.74) is 2.01. The van der Waals surface area contributed by atoms with Crippen LogP contribution >= 0.6 is 11.6 Å². The number of hydrogen-bond acceptors (Lipinski definition) is 4. The monoisotopic (exact) mass is 392 g/mol. The van der Waals surface area contributed by atoms with E-state index >= 15 is 0 Å². The zero-order chi connectivity index (χ0) is 19.4. The highest BCUT2D eigenvalue weighted by Gasteiger charge is 2.34. The van der Waals surface area contributed by atoms with E-state index in [1.165, 1.54) is 0 Å². The summed E-state index contributed by atoms with van der Waals surface area (Å²) in [5.74, 6) is 0.653. The van der Waals surface area contributed by atoms with Crippen LogP contribution in [-0.2, 0) is 13.1 Å². The van der Waals surface area contributed by atoms with Gasteiger partial charge in [-0.3, -0.25) is 9.47 Å². The lowest BCUT2D eigenvalue weighted by atomic mass is 10.2. The molecule has 27 heavy (non-hydrogen) atoms. The summed E-state index contributed by atoms with van der Waals surface area (Å²) < 4.78 is 7.78. The normalized spacial score (nSPS) is 13.9.